The predicted molar refractivity (Wildman–Crippen MR) is 102 cm³/mol. The van der Waals surface area contributed by atoms with Crippen LogP contribution in [0.4, 0.5) is 0 Å². The number of nitrogens with zero attached hydrogens (tertiary/aromatic N) is 1. The highest BCUT2D eigenvalue weighted by Gasteiger charge is 2.26. The highest BCUT2D eigenvalue weighted by atomic mass is 16.5. The molecule has 142 valence electrons. The highest BCUT2D eigenvalue weighted by molar-refractivity contribution is 5.94. The van der Waals surface area contributed by atoms with Crippen molar-refractivity contribution in [2.45, 2.75) is 25.0 Å². The van der Waals surface area contributed by atoms with Gasteiger partial charge in [0, 0.05) is 18.7 Å². The Labute approximate surface area is 159 Å². The summed E-state index contributed by atoms with van der Waals surface area (Å²) in [4.78, 5) is 14.8. The average molecular weight is 367 g/mol. The Morgan fingerprint density at radius 1 is 1.07 bits per heavy atom. The molecule has 0 N–H and O–H groups in total. The summed E-state index contributed by atoms with van der Waals surface area (Å²) in [5.41, 5.74) is 1.75. The number of amides is 1. The normalized spacial score (nSPS) is 22.6. The monoisotopic (exact) mass is 367 g/mol. The van der Waals surface area contributed by atoms with Crippen LogP contribution in [-0.2, 0) is 9.47 Å². The standard InChI is InChI=1S/C22H25NO4/c24-22(23-11-13-26-21(15-23)17-6-2-1-3-7-17)18-8-4-9-19(14-18)27-16-20-10-5-12-25-20/h1-4,6-9,14,20-21H,5,10-13,15-16H2/t20-,21+/m0/s1. The number of hydrogen-bond acceptors (Lipinski definition) is 4. The predicted octanol–water partition coefficient (Wildman–Crippen LogP) is 3.46. The van der Waals surface area contributed by atoms with E-state index in [1.807, 2.05) is 59.5 Å². The van der Waals surface area contributed by atoms with Gasteiger partial charge >= 0.3 is 0 Å². The fourth-order valence-corrected chi connectivity index (χ4v) is 3.57. The molecule has 2 fully saturated rings. The van der Waals surface area contributed by atoms with Gasteiger partial charge < -0.3 is 19.1 Å². The van der Waals surface area contributed by atoms with Crippen LogP contribution in [0.1, 0.15) is 34.9 Å². The van der Waals surface area contributed by atoms with Crippen LogP contribution in [0.25, 0.3) is 0 Å². The van der Waals surface area contributed by atoms with E-state index in [2.05, 4.69) is 0 Å². The molecule has 2 heterocycles. The summed E-state index contributed by atoms with van der Waals surface area (Å²) in [5.74, 6) is 0.728. The summed E-state index contributed by atoms with van der Waals surface area (Å²) in [5, 5.41) is 0. The zero-order valence-electron chi connectivity index (χ0n) is 15.4. The fourth-order valence-electron chi connectivity index (χ4n) is 3.57. The Bertz CT molecular complexity index is 758. The SMILES string of the molecule is O=C(c1cccc(OC[C@@H]2CCCO2)c1)N1CCO[C@@H](c2ccccc2)C1. The minimum absolute atomic E-state index is 0.0156. The molecule has 2 aromatic carbocycles. The van der Waals surface area contributed by atoms with Crippen molar-refractivity contribution in [2.75, 3.05) is 32.9 Å². The van der Waals surface area contributed by atoms with Crippen LogP contribution >= 0.6 is 0 Å². The molecule has 2 aliphatic heterocycles. The van der Waals surface area contributed by atoms with Crippen LogP contribution in [0.3, 0.4) is 0 Å². The minimum Gasteiger partial charge on any atom is -0.491 e. The molecule has 2 aliphatic rings. The van der Waals surface area contributed by atoms with Gasteiger partial charge in [0.1, 0.15) is 18.5 Å². The molecular weight excluding hydrogens is 342 g/mol. The second-order valence-corrected chi connectivity index (χ2v) is 7.00. The number of morpholine rings is 1. The quantitative estimate of drug-likeness (QED) is 0.812. The van der Waals surface area contributed by atoms with Gasteiger partial charge in [-0.2, -0.15) is 0 Å². The van der Waals surface area contributed by atoms with Gasteiger partial charge in [-0.15, -0.1) is 0 Å². The third-order valence-electron chi connectivity index (χ3n) is 5.07. The van der Waals surface area contributed by atoms with Crippen molar-refractivity contribution in [2.24, 2.45) is 0 Å². The average Bonchev–Trinajstić information content (AvgIpc) is 3.26. The van der Waals surface area contributed by atoms with Crippen LogP contribution in [-0.4, -0.2) is 49.8 Å². The summed E-state index contributed by atoms with van der Waals surface area (Å²) in [6, 6.07) is 17.5. The third kappa shape index (κ3) is 4.49. The molecule has 0 bridgehead atoms. The number of carbonyl (C=O) groups excluding carboxylic acids is 1. The molecule has 0 aliphatic carbocycles. The van der Waals surface area contributed by atoms with Crippen molar-refractivity contribution in [3.05, 3.63) is 65.7 Å². The Hall–Kier alpha value is -2.37. The molecule has 0 spiro atoms. The lowest BCUT2D eigenvalue weighted by atomic mass is 10.1. The van der Waals surface area contributed by atoms with Gasteiger partial charge in [-0.1, -0.05) is 36.4 Å². The number of rotatable bonds is 5. The van der Waals surface area contributed by atoms with Gasteiger partial charge in [0.05, 0.1) is 19.3 Å². The van der Waals surface area contributed by atoms with Gasteiger partial charge in [0.25, 0.3) is 5.91 Å². The molecule has 1 amide bonds. The first kappa shape index (κ1) is 18.0. The van der Waals surface area contributed by atoms with Crippen LogP contribution in [0.15, 0.2) is 54.6 Å². The lowest BCUT2D eigenvalue weighted by molar-refractivity contribution is -0.0228. The Kier molecular flexibility index (Phi) is 5.70. The van der Waals surface area contributed by atoms with Crippen LogP contribution in [0, 0.1) is 0 Å². The van der Waals surface area contributed by atoms with Crippen LogP contribution < -0.4 is 4.74 Å². The Morgan fingerprint density at radius 2 is 1.96 bits per heavy atom. The van der Waals surface area contributed by atoms with Gasteiger partial charge in [-0.05, 0) is 36.6 Å². The van der Waals surface area contributed by atoms with Crippen molar-refractivity contribution in [1.82, 2.24) is 4.90 Å². The second kappa shape index (κ2) is 8.55. The van der Waals surface area contributed by atoms with Gasteiger partial charge in [0.15, 0.2) is 0 Å². The van der Waals surface area contributed by atoms with Crippen molar-refractivity contribution in [1.29, 1.82) is 0 Å². The lowest BCUT2D eigenvalue weighted by Gasteiger charge is -2.33. The van der Waals surface area contributed by atoms with Crippen molar-refractivity contribution in [3.63, 3.8) is 0 Å². The summed E-state index contributed by atoms with van der Waals surface area (Å²) in [7, 11) is 0. The van der Waals surface area contributed by atoms with E-state index in [-0.39, 0.29) is 18.1 Å². The maximum atomic E-state index is 13.0. The molecule has 2 aromatic rings. The minimum atomic E-state index is -0.0807. The lowest BCUT2D eigenvalue weighted by Crippen LogP contribution is -2.42. The Balaban J connectivity index is 1.40. The first-order valence-electron chi connectivity index (χ1n) is 9.60. The molecule has 0 radical (unpaired) electrons. The molecule has 2 atom stereocenters. The number of benzene rings is 2. The van der Waals surface area contributed by atoms with E-state index in [9.17, 15) is 4.79 Å². The number of hydrogen-bond donors (Lipinski definition) is 0. The largest absolute Gasteiger partial charge is 0.491 e. The van der Waals surface area contributed by atoms with E-state index in [4.69, 9.17) is 14.2 Å². The topological polar surface area (TPSA) is 48.0 Å². The molecule has 0 saturated carbocycles. The van der Waals surface area contributed by atoms with Gasteiger partial charge in [-0.3, -0.25) is 4.79 Å². The number of ether oxygens (including phenoxy) is 3. The number of carbonyl (C=O) groups is 1. The molecule has 5 heteroatoms. The zero-order valence-corrected chi connectivity index (χ0v) is 15.4. The van der Waals surface area contributed by atoms with Crippen molar-refractivity contribution in [3.8, 4) is 5.75 Å². The van der Waals surface area contributed by atoms with Crippen LogP contribution in [0.5, 0.6) is 5.75 Å². The fraction of sp³-hybridized carbons (Fsp3) is 0.409. The van der Waals surface area contributed by atoms with Crippen LogP contribution in [0.2, 0.25) is 0 Å². The van der Waals surface area contributed by atoms with Crippen molar-refractivity contribution < 1.29 is 19.0 Å². The summed E-state index contributed by atoms with van der Waals surface area (Å²) < 4.78 is 17.3. The summed E-state index contributed by atoms with van der Waals surface area (Å²) >= 11 is 0. The van der Waals surface area contributed by atoms with E-state index in [0.717, 1.165) is 25.0 Å². The zero-order chi connectivity index (χ0) is 18.5. The van der Waals surface area contributed by atoms with Gasteiger partial charge in [0.2, 0.25) is 0 Å². The Morgan fingerprint density at radius 3 is 2.78 bits per heavy atom. The maximum absolute atomic E-state index is 13.0. The smallest absolute Gasteiger partial charge is 0.254 e. The third-order valence-corrected chi connectivity index (χ3v) is 5.07. The molecule has 5 nitrogen and oxygen atoms in total. The van der Waals surface area contributed by atoms with E-state index in [1.54, 1.807) is 0 Å². The van der Waals surface area contributed by atoms with E-state index < -0.39 is 0 Å². The molecular formula is C22H25NO4. The van der Waals surface area contributed by atoms with E-state index in [1.165, 1.54) is 0 Å². The molecule has 2 saturated heterocycles. The highest BCUT2D eigenvalue weighted by Crippen LogP contribution is 2.24. The summed E-state index contributed by atoms with van der Waals surface area (Å²) in [6.45, 7) is 3.05. The van der Waals surface area contributed by atoms with E-state index >= 15 is 0 Å². The molecule has 27 heavy (non-hydrogen) atoms. The van der Waals surface area contributed by atoms with Crippen molar-refractivity contribution >= 4 is 5.91 Å². The first-order valence-corrected chi connectivity index (χ1v) is 9.60. The molecule has 4 rings (SSSR count). The molecule has 0 aromatic heterocycles. The second-order valence-electron chi connectivity index (χ2n) is 7.00. The van der Waals surface area contributed by atoms with Gasteiger partial charge in [-0.25, -0.2) is 0 Å². The molecule has 0 unspecified atom stereocenters. The first-order chi connectivity index (χ1) is 13.3. The maximum Gasteiger partial charge on any atom is 0.254 e. The summed E-state index contributed by atoms with van der Waals surface area (Å²) in [6.07, 6.45) is 2.21. The van der Waals surface area contributed by atoms with E-state index in [0.29, 0.717) is 37.6 Å².